The molecule has 3 aromatic rings. The summed E-state index contributed by atoms with van der Waals surface area (Å²) in [6.07, 6.45) is 5.24. The molecule has 4 heteroatoms. The van der Waals surface area contributed by atoms with Crippen molar-refractivity contribution in [2.75, 3.05) is 0 Å². The van der Waals surface area contributed by atoms with Gasteiger partial charge in [0.05, 0.1) is 5.69 Å². The van der Waals surface area contributed by atoms with Crippen LogP contribution in [-0.2, 0) is 16.6 Å². The van der Waals surface area contributed by atoms with Gasteiger partial charge in [0.1, 0.15) is 11.5 Å². The molecule has 1 fully saturated rings. The molecular formula is C25H24N2O2. The summed E-state index contributed by atoms with van der Waals surface area (Å²) in [6.45, 7) is 2.09. The molecule has 0 unspecified atom stereocenters. The first-order valence-electron chi connectivity index (χ1n) is 10.3. The number of rotatable bonds is 2. The number of aromatic nitrogens is 2. The summed E-state index contributed by atoms with van der Waals surface area (Å²) in [5, 5.41) is 9.62. The van der Waals surface area contributed by atoms with Crippen molar-refractivity contribution in [2.24, 2.45) is 11.8 Å². The molecule has 4 nitrogen and oxygen atoms in total. The van der Waals surface area contributed by atoms with Gasteiger partial charge in [-0.1, -0.05) is 37.3 Å². The number of phenolic OH excluding ortho intramolecular Hbond substituents is 1. The van der Waals surface area contributed by atoms with Crippen LogP contribution >= 0.6 is 0 Å². The van der Waals surface area contributed by atoms with E-state index in [0.717, 1.165) is 30.5 Å². The van der Waals surface area contributed by atoms with Gasteiger partial charge < -0.3 is 5.11 Å². The molecule has 1 aromatic heterocycles. The lowest BCUT2D eigenvalue weighted by atomic mass is 9.53. The number of Topliss-reactive ketones (excluding diaryl/α,β-unsaturated/α-hetero) is 1. The van der Waals surface area contributed by atoms with Crippen molar-refractivity contribution in [1.82, 2.24) is 9.97 Å². The van der Waals surface area contributed by atoms with Crippen LogP contribution in [0.4, 0.5) is 0 Å². The van der Waals surface area contributed by atoms with Gasteiger partial charge in [-0.3, -0.25) is 4.79 Å². The zero-order chi connectivity index (χ0) is 20.0. The van der Waals surface area contributed by atoms with Crippen molar-refractivity contribution in [2.45, 2.75) is 38.0 Å². The van der Waals surface area contributed by atoms with Gasteiger partial charge in [-0.25, -0.2) is 9.97 Å². The molecule has 0 spiro atoms. The molecule has 0 amide bonds. The van der Waals surface area contributed by atoms with E-state index in [9.17, 15) is 9.90 Å². The van der Waals surface area contributed by atoms with Crippen LogP contribution in [-0.4, -0.2) is 20.9 Å². The second-order valence-corrected chi connectivity index (χ2v) is 8.35. The first-order chi connectivity index (χ1) is 14.1. The molecule has 1 saturated carbocycles. The Hall–Kier alpha value is -3.01. The molecule has 2 aliphatic rings. The third kappa shape index (κ3) is 2.78. The molecule has 0 bridgehead atoms. The number of hydrogen-bond acceptors (Lipinski definition) is 4. The number of ketones is 1. The highest BCUT2D eigenvalue weighted by Crippen LogP contribution is 2.54. The van der Waals surface area contributed by atoms with Gasteiger partial charge in [-0.2, -0.15) is 0 Å². The Balaban J connectivity index is 1.73. The van der Waals surface area contributed by atoms with Crippen LogP contribution in [0.25, 0.3) is 11.4 Å². The minimum Gasteiger partial charge on any atom is -0.508 e. The van der Waals surface area contributed by atoms with E-state index in [1.54, 1.807) is 12.1 Å². The summed E-state index contributed by atoms with van der Waals surface area (Å²) in [7, 11) is 0. The van der Waals surface area contributed by atoms with Gasteiger partial charge in [-0.15, -0.1) is 0 Å². The second-order valence-electron chi connectivity index (χ2n) is 8.35. The van der Waals surface area contributed by atoms with Crippen LogP contribution in [0.1, 0.15) is 43.0 Å². The Labute approximate surface area is 170 Å². The number of fused-ring (bicyclic) bond motifs is 3. The molecule has 0 aliphatic heterocycles. The number of phenols is 1. The highest BCUT2D eigenvalue weighted by atomic mass is 16.3. The van der Waals surface area contributed by atoms with Crippen molar-refractivity contribution >= 4 is 5.78 Å². The SMILES string of the molecule is C[C@@H]1C(=O)CC[C@]2(c3ccccc3)c3nc(-c4ccc(O)cc4)ncc3CC[C@@H]12. The van der Waals surface area contributed by atoms with Gasteiger partial charge in [0.15, 0.2) is 5.82 Å². The minimum atomic E-state index is -0.253. The third-order valence-electron chi connectivity index (χ3n) is 6.94. The summed E-state index contributed by atoms with van der Waals surface area (Å²) in [5.74, 6) is 1.56. The molecule has 5 rings (SSSR count). The van der Waals surface area contributed by atoms with E-state index in [1.807, 2.05) is 24.4 Å². The number of benzene rings is 2. The van der Waals surface area contributed by atoms with Crippen molar-refractivity contribution < 1.29 is 9.90 Å². The lowest BCUT2D eigenvalue weighted by molar-refractivity contribution is -0.128. The Morgan fingerprint density at radius 2 is 1.79 bits per heavy atom. The lowest BCUT2D eigenvalue weighted by Crippen LogP contribution is -2.50. The molecule has 2 aliphatic carbocycles. The van der Waals surface area contributed by atoms with Crippen LogP contribution in [0.3, 0.4) is 0 Å². The minimum absolute atomic E-state index is 0.0317. The number of carbonyl (C=O) groups excluding carboxylic acids is 1. The fourth-order valence-electron chi connectivity index (χ4n) is 5.44. The molecule has 0 radical (unpaired) electrons. The normalized spacial score (nSPS) is 25.9. The smallest absolute Gasteiger partial charge is 0.159 e. The quantitative estimate of drug-likeness (QED) is 0.696. The Kier molecular flexibility index (Phi) is 4.23. The Morgan fingerprint density at radius 1 is 1.03 bits per heavy atom. The fourth-order valence-corrected chi connectivity index (χ4v) is 5.44. The topological polar surface area (TPSA) is 63.1 Å². The van der Waals surface area contributed by atoms with E-state index in [4.69, 9.17) is 4.98 Å². The van der Waals surface area contributed by atoms with Gasteiger partial charge >= 0.3 is 0 Å². The number of aromatic hydroxyl groups is 1. The molecule has 29 heavy (non-hydrogen) atoms. The molecule has 1 heterocycles. The van der Waals surface area contributed by atoms with E-state index >= 15 is 0 Å². The summed E-state index contributed by atoms with van der Waals surface area (Å²) < 4.78 is 0. The number of aryl methyl sites for hydroxylation is 1. The Bertz CT molecular complexity index is 1060. The zero-order valence-electron chi connectivity index (χ0n) is 16.5. The average molecular weight is 384 g/mol. The van der Waals surface area contributed by atoms with E-state index in [-0.39, 0.29) is 23.0 Å². The van der Waals surface area contributed by atoms with Crippen LogP contribution < -0.4 is 0 Å². The molecule has 3 atom stereocenters. The van der Waals surface area contributed by atoms with Gasteiger partial charge in [-0.05, 0) is 60.6 Å². The van der Waals surface area contributed by atoms with Crippen molar-refractivity contribution in [3.8, 4) is 17.1 Å². The van der Waals surface area contributed by atoms with Crippen LogP contribution in [0.2, 0.25) is 0 Å². The van der Waals surface area contributed by atoms with Gasteiger partial charge in [0.2, 0.25) is 0 Å². The number of carbonyl (C=O) groups is 1. The third-order valence-corrected chi connectivity index (χ3v) is 6.94. The van der Waals surface area contributed by atoms with E-state index < -0.39 is 0 Å². The van der Waals surface area contributed by atoms with E-state index in [2.05, 4.69) is 36.2 Å². The van der Waals surface area contributed by atoms with Gasteiger partial charge in [0.25, 0.3) is 0 Å². The maximum absolute atomic E-state index is 12.6. The van der Waals surface area contributed by atoms with Crippen LogP contribution in [0.15, 0.2) is 60.8 Å². The van der Waals surface area contributed by atoms with Gasteiger partial charge in [0, 0.05) is 29.5 Å². The first-order valence-corrected chi connectivity index (χ1v) is 10.3. The van der Waals surface area contributed by atoms with Crippen LogP contribution in [0, 0.1) is 11.8 Å². The fraction of sp³-hybridized carbons (Fsp3) is 0.320. The molecule has 0 saturated heterocycles. The first kappa shape index (κ1) is 18.0. The summed E-state index contributed by atoms with van der Waals surface area (Å²) in [5.41, 5.74) is 4.15. The maximum Gasteiger partial charge on any atom is 0.159 e. The summed E-state index contributed by atoms with van der Waals surface area (Å²) >= 11 is 0. The van der Waals surface area contributed by atoms with Crippen molar-refractivity contribution in [3.05, 3.63) is 77.6 Å². The standard InChI is InChI=1S/C25H24N2O2/c1-16-21-12-9-18-15-26-24(17-7-10-20(28)11-8-17)27-23(18)25(21,14-13-22(16)29)19-5-3-2-4-6-19/h2-8,10-11,15-16,21,28H,9,12-14H2,1H3/t16-,21-,25+/m0/s1. The predicted molar refractivity (Wildman–Crippen MR) is 112 cm³/mol. The average Bonchev–Trinajstić information content (AvgIpc) is 2.77. The molecule has 2 aromatic carbocycles. The molecule has 146 valence electrons. The Morgan fingerprint density at radius 3 is 2.55 bits per heavy atom. The van der Waals surface area contributed by atoms with E-state index in [1.165, 1.54) is 11.1 Å². The van der Waals surface area contributed by atoms with Crippen molar-refractivity contribution in [1.29, 1.82) is 0 Å². The number of nitrogens with zero attached hydrogens (tertiary/aromatic N) is 2. The highest BCUT2D eigenvalue weighted by Gasteiger charge is 2.53. The predicted octanol–water partition coefficient (Wildman–Crippen LogP) is 4.70. The molecule has 1 N–H and O–H groups in total. The zero-order valence-corrected chi connectivity index (χ0v) is 16.5. The van der Waals surface area contributed by atoms with Crippen LogP contribution in [0.5, 0.6) is 5.75 Å². The summed E-state index contributed by atoms with van der Waals surface area (Å²) in [4.78, 5) is 22.3. The largest absolute Gasteiger partial charge is 0.508 e. The second kappa shape index (κ2) is 6.80. The number of hydrogen-bond donors (Lipinski definition) is 1. The molecular weight excluding hydrogens is 360 g/mol. The maximum atomic E-state index is 12.6. The highest BCUT2D eigenvalue weighted by molar-refractivity contribution is 5.83. The van der Waals surface area contributed by atoms with Crippen molar-refractivity contribution in [3.63, 3.8) is 0 Å². The monoisotopic (exact) mass is 384 g/mol. The van der Waals surface area contributed by atoms with E-state index in [0.29, 0.717) is 18.0 Å². The lowest BCUT2D eigenvalue weighted by Gasteiger charge is -2.50. The summed E-state index contributed by atoms with van der Waals surface area (Å²) in [6, 6.07) is 17.6.